The average molecular weight is 299 g/mol. The van der Waals surface area contributed by atoms with Crippen molar-refractivity contribution < 1.29 is 0 Å². The third-order valence-electron chi connectivity index (χ3n) is 3.82. The lowest BCUT2D eigenvalue weighted by Crippen LogP contribution is -2.04. The number of rotatable bonds is 5. The van der Waals surface area contributed by atoms with Crippen LogP contribution in [-0.4, -0.2) is 6.04 Å². The molecule has 0 spiro atoms. The number of fused-ring (bicyclic) bond motifs is 1. The minimum absolute atomic E-state index is 0.203. The van der Waals surface area contributed by atoms with E-state index < -0.39 is 0 Å². The van der Waals surface area contributed by atoms with Crippen molar-refractivity contribution in [3.63, 3.8) is 0 Å². The molecule has 3 nitrogen and oxygen atoms in total. The van der Waals surface area contributed by atoms with E-state index in [-0.39, 0.29) is 6.04 Å². The molecule has 0 saturated heterocycles. The molecule has 3 aromatic rings. The summed E-state index contributed by atoms with van der Waals surface area (Å²) in [5.41, 5.74) is 11.1. The van der Waals surface area contributed by atoms with Gasteiger partial charge in [0, 0.05) is 4.91 Å². The Morgan fingerprint density at radius 3 is 2.48 bits per heavy atom. The quantitative estimate of drug-likeness (QED) is 0.326. The molecule has 0 heterocycles. The SMILES string of the molecule is [N-]=[N+]=NC(/C=C/c1ccccc1)Cc1cccc2ccccc12. The Morgan fingerprint density at radius 1 is 0.913 bits per heavy atom. The molecule has 0 bridgehead atoms. The molecule has 0 aromatic heterocycles. The first-order valence-corrected chi connectivity index (χ1v) is 7.61. The number of azide groups is 1. The topological polar surface area (TPSA) is 48.8 Å². The second-order valence-electron chi connectivity index (χ2n) is 5.38. The summed E-state index contributed by atoms with van der Waals surface area (Å²) in [5, 5.41) is 6.35. The lowest BCUT2D eigenvalue weighted by molar-refractivity contribution is 0.809. The van der Waals surface area contributed by atoms with Crippen molar-refractivity contribution in [3.8, 4) is 0 Å². The Bertz CT molecular complexity index is 857. The van der Waals surface area contributed by atoms with Gasteiger partial charge in [0.25, 0.3) is 0 Å². The molecule has 0 radical (unpaired) electrons. The van der Waals surface area contributed by atoms with Crippen molar-refractivity contribution in [2.24, 2.45) is 5.11 Å². The number of benzene rings is 3. The molecule has 0 aliphatic rings. The Hall–Kier alpha value is -3.03. The highest BCUT2D eigenvalue weighted by atomic mass is 15.1. The zero-order chi connectivity index (χ0) is 15.9. The highest BCUT2D eigenvalue weighted by Crippen LogP contribution is 2.21. The first kappa shape index (κ1) is 14.9. The van der Waals surface area contributed by atoms with Crippen LogP contribution in [0.15, 0.2) is 84.0 Å². The maximum absolute atomic E-state index is 8.85. The molecule has 112 valence electrons. The number of nitrogens with zero attached hydrogens (tertiary/aromatic N) is 3. The minimum atomic E-state index is -0.203. The second-order valence-corrected chi connectivity index (χ2v) is 5.38. The standard InChI is InChI=1S/C20H17N3/c21-23-22-19(14-13-16-7-2-1-3-8-16)15-18-11-6-10-17-9-4-5-12-20(17)18/h1-14,19H,15H2/b14-13+. The molecule has 3 heteroatoms. The average Bonchev–Trinajstić information content (AvgIpc) is 2.61. The van der Waals surface area contributed by atoms with Gasteiger partial charge in [0.15, 0.2) is 0 Å². The van der Waals surface area contributed by atoms with Crippen molar-refractivity contribution in [3.05, 3.63) is 100 Å². The van der Waals surface area contributed by atoms with Crippen LogP contribution in [0, 0.1) is 0 Å². The van der Waals surface area contributed by atoms with E-state index in [0.29, 0.717) is 6.42 Å². The molecule has 23 heavy (non-hydrogen) atoms. The van der Waals surface area contributed by atoms with Gasteiger partial charge in [-0.25, -0.2) is 0 Å². The van der Waals surface area contributed by atoms with Crippen LogP contribution in [0.25, 0.3) is 27.3 Å². The van der Waals surface area contributed by atoms with Crippen molar-refractivity contribution in [2.45, 2.75) is 12.5 Å². The Kier molecular flexibility index (Phi) is 4.72. The zero-order valence-corrected chi connectivity index (χ0v) is 12.7. The maximum Gasteiger partial charge on any atom is 0.0598 e. The van der Waals surface area contributed by atoms with E-state index in [1.54, 1.807) is 0 Å². The molecule has 0 amide bonds. The van der Waals surface area contributed by atoms with Gasteiger partial charge in [-0.15, -0.1) is 0 Å². The van der Waals surface area contributed by atoms with Crippen LogP contribution in [0.3, 0.4) is 0 Å². The van der Waals surface area contributed by atoms with Gasteiger partial charge in [-0.2, -0.15) is 0 Å². The lowest BCUT2D eigenvalue weighted by Gasteiger charge is -2.10. The Labute approximate surface area is 135 Å². The van der Waals surface area contributed by atoms with Crippen molar-refractivity contribution in [2.75, 3.05) is 0 Å². The van der Waals surface area contributed by atoms with Crippen LogP contribution in [-0.2, 0) is 6.42 Å². The van der Waals surface area contributed by atoms with Crippen LogP contribution < -0.4 is 0 Å². The molecular formula is C20H17N3. The number of hydrogen-bond donors (Lipinski definition) is 0. The summed E-state index contributed by atoms with van der Waals surface area (Å²) in [4.78, 5) is 3.00. The highest BCUT2D eigenvalue weighted by molar-refractivity contribution is 5.85. The predicted octanol–water partition coefficient (Wildman–Crippen LogP) is 5.77. The first-order chi connectivity index (χ1) is 11.4. The summed E-state index contributed by atoms with van der Waals surface area (Å²) in [6.45, 7) is 0. The van der Waals surface area contributed by atoms with Crippen LogP contribution in [0.2, 0.25) is 0 Å². The third kappa shape index (κ3) is 3.79. The smallest absolute Gasteiger partial charge is 0.0598 e. The summed E-state index contributed by atoms with van der Waals surface area (Å²) >= 11 is 0. The molecule has 0 fully saturated rings. The van der Waals surface area contributed by atoms with Gasteiger partial charge in [0.1, 0.15) is 0 Å². The molecule has 0 N–H and O–H groups in total. The van der Waals surface area contributed by atoms with E-state index in [4.69, 9.17) is 5.53 Å². The van der Waals surface area contributed by atoms with E-state index in [2.05, 4.69) is 34.3 Å². The van der Waals surface area contributed by atoms with E-state index in [1.165, 1.54) is 16.3 Å². The monoisotopic (exact) mass is 299 g/mol. The summed E-state index contributed by atoms with van der Waals surface area (Å²) in [5.74, 6) is 0. The number of hydrogen-bond acceptors (Lipinski definition) is 1. The summed E-state index contributed by atoms with van der Waals surface area (Å²) in [6, 6.07) is 24.3. The highest BCUT2D eigenvalue weighted by Gasteiger charge is 2.07. The van der Waals surface area contributed by atoms with Gasteiger partial charge in [-0.1, -0.05) is 90.1 Å². The Balaban J connectivity index is 1.87. The maximum atomic E-state index is 8.85. The zero-order valence-electron chi connectivity index (χ0n) is 12.7. The van der Waals surface area contributed by atoms with E-state index in [1.807, 2.05) is 60.7 Å². The van der Waals surface area contributed by atoms with Crippen LogP contribution in [0.1, 0.15) is 11.1 Å². The van der Waals surface area contributed by atoms with Gasteiger partial charge in [-0.3, -0.25) is 0 Å². The van der Waals surface area contributed by atoms with Crippen molar-refractivity contribution in [1.29, 1.82) is 0 Å². The fraction of sp³-hybridized carbons (Fsp3) is 0.100. The second kappa shape index (κ2) is 7.30. The molecule has 0 aliphatic carbocycles. The fourth-order valence-electron chi connectivity index (χ4n) is 2.70. The Morgan fingerprint density at radius 2 is 1.65 bits per heavy atom. The van der Waals surface area contributed by atoms with Crippen molar-refractivity contribution in [1.82, 2.24) is 0 Å². The molecule has 1 unspecified atom stereocenters. The minimum Gasteiger partial charge on any atom is -0.0862 e. The van der Waals surface area contributed by atoms with Crippen LogP contribution >= 0.6 is 0 Å². The van der Waals surface area contributed by atoms with Gasteiger partial charge < -0.3 is 0 Å². The van der Waals surface area contributed by atoms with Crippen molar-refractivity contribution >= 4 is 16.8 Å². The molecule has 0 saturated carbocycles. The van der Waals surface area contributed by atoms with Crippen LogP contribution in [0.5, 0.6) is 0 Å². The normalized spacial score (nSPS) is 12.2. The fourth-order valence-corrected chi connectivity index (χ4v) is 2.70. The van der Waals surface area contributed by atoms with E-state index in [0.717, 1.165) is 5.56 Å². The molecule has 3 rings (SSSR count). The molecule has 0 aliphatic heterocycles. The third-order valence-corrected chi connectivity index (χ3v) is 3.82. The van der Waals surface area contributed by atoms with E-state index >= 15 is 0 Å². The van der Waals surface area contributed by atoms with Gasteiger partial charge in [0.2, 0.25) is 0 Å². The van der Waals surface area contributed by atoms with Crippen LogP contribution in [0.4, 0.5) is 0 Å². The van der Waals surface area contributed by atoms with Gasteiger partial charge >= 0.3 is 0 Å². The largest absolute Gasteiger partial charge is 0.0862 e. The molecule has 1 atom stereocenters. The predicted molar refractivity (Wildman–Crippen MR) is 96.1 cm³/mol. The summed E-state index contributed by atoms with van der Waals surface area (Å²) in [7, 11) is 0. The molecule has 3 aromatic carbocycles. The summed E-state index contributed by atoms with van der Waals surface area (Å²) in [6.07, 6.45) is 4.66. The van der Waals surface area contributed by atoms with Gasteiger partial charge in [-0.05, 0) is 33.9 Å². The van der Waals surface area contributed by atoms with Gasteiger partial charge in [0.05, 0.1) is 6.04 Å². The first-order valence-electron chi connectivity index (χ1n) is 7.61. The molecular weight excluding hydrogens is 282 g/mol. The summed E-state index contributed by atoms with van der Waals surface area (Å²) < 4.78 is 0. The van der Waals surface area contributed by atoms with E-state index in [9.17, 15) is 0 Å². The lowest BCUT2D eigenvalue weighted by atomic mass is 9.98.